The molecule has 0 aliphatic carbocycles. The molecule has 1 heterocycles. The number of ether oxygens (including phenoxy) is 1. The Morgan fingerprint density at radius 2 is 1.72 bits per heavy atom. The maximum absolute atomic E-state index is 13.6. The third-order valence-corrected chi connectivity index (χ3v) is 5.72. The van der Waals surface area contributed by atoms with Gasteiger partial charge in [-0.25, -0.2) is 13.8 Å². The van der Waals surface area contributed by atoms with Crippen molar-refractivity contribution in [3.8, 4) is 5.75 Å². The first-order chi connectivity index (χ1) is 17.3. The van der Waals surface area contributed by atoms with Crippen molar-refractivity contribution in [2.75, 3.05) is 17.3 Å². The number of rotatable bonds is 7. The quantitative estimate of drug-likeness (QED) is 0.472. The highest BCUT2D eigenvalue weighted by Gasteiger charge is 2.45. The van der Waals surface area contributed by atoms with Crippen molar-refractivity contribution in [1.82, 2.24) is 10.4 Å². The van der Waals surface area contributed by atoms with Crippen LogP contribution in [0.1, 0.15) is 16.8 Å². The number of thiocarbonyl (C=S) groups is 1. The minimum Gasteiger partial charge on any atom is -0.497 e. The number of nitrogens with one attached hydrogen (secondary N) is 2. The highest BCUT2D eigenvalue weighted by atomic mass is 32.1. The van der Waals surface area contributed by atoms with Crippen LogP contribution < -0.4 is 20.4 Å². The highest BCUT2D eigenvalue weighted by Crippen LogP contribution is 2.27. The molecule has 4 rings (SSSR count). The van der Waals surface area contributed by atoms with Crippen molar-refractivity contribution < 1.29 is 27.9 Å². The smallest absolute Gasteiger partial charge is 0.269 e. The molecule has 36 heavy (non-hydrogen) atoms. The summed E-state index contributed by atoms with van der Waals surface area (Å²) >= 11 is 5.44. The predicted molar refractivity (Wildman–Crippen MR) is 132 cm³/mol. The van der Waals surface area contributed by atoms with E-state index in [1.54, 1.807) is 24.3 Å². The molecule has 184 valence electrons. The number of hydrogen-bond acceptors (Lipinski definition) is 5. The second-order valence-electron chi connectivity index (χ2n) is 7.75. The van der Waals surface area contributed by atoms with E-state index in [1.165, 1.54) is 37.4 Å². The van der Waals surface area contributed by atoms with Gasteiger partial charge in [-0.2, -0.15) is 0 Å². The largest absolute Gasteiger partial charge is 0.497 e. The third-order valence-electron chi connectivity index (χ3n) is 5.34. The molecule has 3 aromatic rings. The van der Waals surface area contributed by atoms with Crippen LogP contribution in [0.25, 0.3) is 0 Å². The van der Waals surface area contributed by atoms with E-state index >= 15 is 0 Å². The Bertz CT molecular complexity index is 1340. The number of hydrogen-bond donors (Lipinski definition) is 2. The maximum atomic E-state index is 13.6. The van der Waals surface area contributed by atoms with Crippen LogP contribution >= 0.6 is 12.2 Å². The zero-order valence-corrected chi connectivity index (χ0v) is 19.7. The summed E-state index contributed by atoms with van der Waals surface area (Å²) in [7, 11) is 1.49. The standard InChI is InChI=1S/C25H20F2N4O4S/c1-35-20-7-3-6-18(13-20)28-22(32)14-21-24(34)30(19-10-8-16(26)9-11-19)25(36)31(21)29-23(33)15-4-2-5-17(27)12-15/h2-13,21H,14H2,1H3,(H,28,32)(H,29,33). The lowest BCUT2D eigenvalue weighted by atomic mass is 10.1. The predicted octanol–water partition coefficient (Wildman–Crippen LogP) is 3.65. The second kappa shape index (κ2) is 10.5. The second-order valence-corrected chi connectivity index (χ2v) is 8.12. The van der Waals surface area contributed by atoms with Crippen LogP contribution in [-0.4, -0.2) is 41.0 Å². The molecule has 1 aliphatic rings. The average molecular weight is 511 g/mol. The molecule has 1 aliphatic heterocycles. The van der Waals surface area contributed by atoms with Crippen molar-refractivity contribution in [2.45, 2.75) is 12.5 Å². The summed E-state index contributed by atoms with van der Waals surface area (Å²) in [4.78, 5) is 40.1. The fourth-order valence-corrected chi connectivity index (χ4v) is 3.99. The SMILES string of the molecule is COc1cccc(NC(=O)CC2C(=O)N(c3ccc(F)cc3)C(=S)N2NC(=O)c2cccc(F)c2)c1. The fourth-order valence-electron chi connectivity index (χ4n) is 3.62. The van der Waals surface area contributed by atoms with Gasteiger partial charge in [-0.15, -0.1) is 0 Å². The Kier molecular flexibility index (Phi) is 7.20. The molecule has 11 heteroatoms. The minimum atomic E-state index is -1.22. The van der Waals surface area contributed by atoms with Gasteiger partial charge in [0.05, 0.1) is 19.2 Å². The monoisotopic (exact) mass is 510 g/mol. The topological polar surface area (TPSA) is 91.0 Å². The molecule has 0 saturated carbocycles. The van der Waals surface area contributed by atoms with Crippen LogP contribution in [0.4, 0.5) is 20.2 Å². The van der Waals surface area contributed by atoms with Gasteiger partial charge in [-0.1, -0.05) is 12.1 Å². The third kappa shape index (κ3) is 5.31. The highest BCUT2D eigenvalue weighted by molar-refractivity contribution is 7.80. The van der Waals surface area contributed by atoms with Gasteiger partial charge >= 0.3 is 0 Å². The Balaban J connectivity index is 1.60. The summed E-state index contributed by atoms with van der Waals surface area (Å²) < 4.78 is 32.2. The number of anilines is 2. The summed E-state index contributed by atoms with van der Waals surface area (Å²) in [6.45, 7) is 0. The van der Waals surface area contributed by atoms with Crippen LogP contribution in [0, 0.1) is 11.6 Å². The number of halogens is 2. The van der Waals surface area contributed by atoms with E-state index in [4.69, 9.17) is 17.0 Å². The molecule has 8 nitrogen and oxygen atoms in total. The van der Waals surface area contributed by atoms with E-state index in [2.05, 4.69) is 10.7 Å². The van der Waals surface area contributed by atoms with Gasteiger partial charge in [0.2, 0.25) is 11.0 Å². The van der Waals surface area contributed by atoms with E-state index in [0.717, 1.165) is 28.1 Å². The van der Waals surface area contributed by atoms with Crippen molar-refractivity contribution >= 4 is 46.4 Å². The molecular formula is C25H20F2N4O4S. The Morgan fingerprint density at radius 3 is 2.42 bits per heavy atom. The zero-order chi connectivity index (χ0) is 25.8. The van der Waals surface area contributed by atoms with Gasteiger partial charge in [-0.3, -0.25) is 24.7 Å². The van der Waals surface area contributed by atoms with Crippen molar-refractivity contribution in [3.63, 3.8) is 0 Å². The minimum absolute atomic E-state index is 0.00920. The summed E-state index contributed by atoms with van der Waals surface area (Å²) in [5, 5.41) is 3.64. The van der Waals surface area contributed by atoms with Crippen LogP contribution in [-0.2, 0) is 9.59 Å². The Morgan fingerprint density at radius 1 is 1.00 bits per heavy atom. The summed E-state index contributed by atoms with van der Waals surface area (Å²) in [5.74, 6) is -2.48. The fraction of sp³-hybridized carbons (Fsp3) is 0.120. The lowest BCUT2D eigenvalue weighted by Crippen LogP contribution is -2.49. The van der Waals surface area contributed by atoms with E-state index in [1.807, 2.05) is 0 Å². The van der Waals surface area contributed by atoms with E-state index in [0.29, 0.717) is 11.4 Å². The van der Waals surface area contributed by atoms with Crippen LogP contribution in [0.15, 0.2) is 72.8 Å². The summed E-state index contributed by atoms with van der Waals surface area (Å²) in [6.07, 6.45) is -0.378. The molecule has 0 aromatic heterocycles. The summed E-state index contributed by atoms with van der Waals surface area (Å²) in [5.41, 5.74) is 3.19. The molecular weight excluding hydrogens is 490 g/mol. The number of hydrazine groups is 1. The molecule has 1 unspecified atom stereocenters. The van der Waals surface area contributed by atoms with Crippen LogP contribution in [0.2, 0.25) is 0 Å². The van der Waals surface area contributed by atoms with Crippen LogP contribution in [0.5, 0.6) is 5.75 Å². The van der Waals surface area contributed by atoms with Crippen LogP contribution in [0.3, 0.4) is 0 Å². The molecule has 0 bridgehead atoms. The van der Waals surface area contributed by atoms with Crippen molar-refractivity contribution in [3.05, 3.63) is 90.0 Å². The summed E-state index contributed by atoms with van der Waals surface area (Å²) in [6, 6.07) is 15.4. The van der Waals surface area contributed by atoms with Crippen molar-refractivity contribution in [1.29, 1.82) is 0 Å². The molecule has 2 N–H and O–H groups in total. The molecule has 3 aromatic carbocycles. The number of amides is 3. The number of nitrogens with zero attached hydrogens (tertiary/aromatic N) is 2. The van der Waals surface area contributed by atoms with Gasteiger partial charge in [0, 0.05) is 17.3 Å². The Hall–Kier alpha value is -4.38. The van der Waals surface area contributed by atoms with E-state index < -0.39 is 35.4 Å². The molecule has 3 amide bonds. The molecule has 1 fully saturated rings. The number of carbonyl (C=O) groups is 3. The molecule has 1 saturated heterocycles. The first-order valence-corrected chi connectivity index (χ1v) is 11.1. The first-order valence-electron chi connectivity index (χ1n) is 10.7. The number of benzene rings is 3. The van der Waals surface area contributed by atoms with E-state index in [9.17, 15) is 23.2 Å². The number of methoxy groups -OCH3 is 1. The van der Waals surface area contributed by atoms with Gasteiger partial charge in [-0.05, 0) is 66.8 Å². The van der Waals surface area contributed by atoms with E-state index in [-0.39, 0.29) is 22.8 Å². The molecule has 0 spiro atoms. The molecule has 1 atom stereocenters. The van der Waals surface area contributed by atoms with Gasteiger partial charge < -0.3 is 10.1 Å². The lowest BCUT2D eigenvalue weighted by Gasteiger charge is -2.24. The first kappa shape index (κ1) is 24.7. The maximum Gasteiger partial charge on any atom is 0.269 e. The molecule has 0 radical (unpaired) electrons. The lowest BCUT2D eigenvalue weighted by molar-refractivity contribution is -0.124. The Labute approximate surface area is 210 Å². The zero-order valence-electron chi connectivity index (χ0n) is 18.9. The normalized spacial score (nSPS) is 15.1. The number of carbonyl (C=O) groups excluding carboxylic acids is 3. The van der Waals surface area contributed by atoms with Crippen molar-refractivity contribution in [2.24, 2.45) is 0 Å². The van der Waals surface area contributed by atoms with Gasteiger partial charge in [0.25, 0.3) is 11.8 Å². The van der Waals surface area contributed by atoms with Gasteiger partial charge in [0.1, 0.15) is 23.4 Å². The van der Waals surface area contributed by atoms with Gasteiger partial charge in [0.15, 0.2) is 0 Å². The average Bonchev–Trinajstić information content (AvgIpc) is 3.08.